The van der Waals surface area contributed by atoms with Crippen LogP contribution in [0.15, 0.2) is 47.1 Å². The van der Waals surface area contributed by atoms with Crippen LogP contribution in [0.5, 0.6) is 0 Å². The minimum Gasteiger partial charge on any atom is -0.356 e. The molecule has 1 amide bonds. The van der Waals surface area contributed by atoms with Crippen LogP contribution in [0.1, 0.15) is 35.2 Å². The monoisotopic (exact) mass is 373 g/mol. The van der Waals surface area contributed by atoms with Crippen molar-refractivity contribution >= 4 is 27.7 Å². The molecule has 1 aromatic carbocycles. The number of nitrogens with one attached hydrogen (secondary N) is 1. The minimum absolute atomic E-state index is 0.0707. The van der Waals surface area contributed by atoms with Crippen LogP contribution in [0.3, 0.4) is 0 Å². The molecule has 0 radical (unpaired) electrons. The Labute approximate surface area is 145 Å². The molecule has 0 aliphatic carbocycles. The summed E-state index contributed by atoms with van der Waals surface area (Å²) in [5, 5.41) is 3.00. The van der Waals surface area contributed by atoms with E-state index in [0.29, 0.717) is 12.1 Å². The van der Waals surface area contributed by atoms with E-state index in [4.69, 9.17) is 0 Å². The van der Waals surface area contributed by atoms with Gasteiger partial charge in [0.25, 0.3) is 5.91 Å². The highest BCUT2D eigenvalue weighted by Gasteiger charge is 2.19. The van der Waals surface area contributed by atoms with E-state index in [-0.39, 0.29) is 5.91 Å². The molecule has 0 unspecified atom stereocenters. The fourth-order valence-electron chi connectivity index (χ4n) is 2.86. The summed E-state index contributed by atoms with van der Waals surface area (Å²) in [7, 11) is 0. The largest absolute Gasteiger partial charge is 0.356 e. The van der Waals surface area contributed by atoms with Gasteiger partial charge in [0.1, 0.15) is 5.82 Å². The Kier molecular flexibility index (Phi) is 5.28. The molecule has 3 rings (SSSR count). The summed E-state index contributed by atoms with van der Waals surface area (Å²) in [4.78, 5) is 19.2. The number of carbonyl (C=O) groups is 1. The fraction of sp³-hybridized carbons (Fsp3) is 0.333. The summed E-state index contributed by atoms with van der Waals surface area (Å²) >= 11 is 3.45. The molecule has 1 aromatic heterocycles. The number of nitrogens with zero attached hydrogens (tertiary/aromatic N) is 2. The van der Waals surface area contributed by atoms with Gasteiger partial charge in [-0.25, -0.2) is 4.98 Å². The van der Waals surface area contributed by atoms with Gasteiger partial charge in [0.05, 0.1) is 5.56 Å². The molecule has 1 N–H and O–H groups in total. The van der Waals surface area contributed by atoms with E-state index in [1.165, 1.54) is 6.42 Å². The summed E-state index contributed by atoms with van der Waals surface area (Å²) < 4.78 is 1.01. The lowest BCUT2D eigenvalue weighted by atomic mass is 10.1. The van der Waals surface area contributed by atoms with Crippen LogP contribution < -0.4 is 10.2 Å². The van der Waals surface area contributed by atoms with E-state index in [1.807, 2.05) is 36.4 Å². The highest BCUT2D eigenvalue weighted by molar-refractivity contribution is 9.10. The molecule has 1 aliphatic heterocycles. The van der Waals surface area contributed by atoms with Crippen molar-refractivity contribution in [2.75, 3.05) is 18.0 Å². The zero-order chi connectivity index (χ0) is 16.1. The van der Waals surface area contributed by atoms with E-state index < -0.39 is 0 Å². The van der Waals surface area contributed by atoms with Gasteiger partial charge in [0, 0.05) is 30.3 Å². The highest BCUT2D eigenvalue weighted by atomic mass is 79.9. The van der Waals surface area contributed by atoms with Crippen LogP contribution in [0.25, 0.3) is 0 Å². The van der Waals surface area contributed by atoms with Crippen molar-refractivity contribution in [3.05, 3.63) is 58.2 Å². The summed E-state index contributed by atoms with van der Waals surface area (Å²) in [5.41, 5.74) is 1.72. The Hall–Kier alpha value is -1.88. The van der Waals surface area contributed by atoms with Gasteiger partial charge in [0.2, 0.25) is 0 Å². The number of aromatic nitrogens is 1. The van der Waals surface area contributed by atoms with Crippen molar-refractivity contribution < 1.29 is 4.79 Å². The third kappa shape index (κ3) is 4.10. The Morgan fingerprint density at radius 2 is 2.00 bits per heavy atom. The lowest BCUT2D eigenvalue weighted by Crippen LogP contribution is -2.33. The van der Waals surface area contributed by atoms with Gasteiger partial charge in [-0.3, -0.25) is 4.79 Å². The van der Waals surface area contributed by atoms with Crippen LogP contribution in [-0.2, 0) is 6.54 Å². The number of carbonyl (C=O) groups excluding carboxylic acids is 1. The maximum absolute atomic E-state index is 12.6. The van der Waals surface area contributed by atoms with Gasteiger partial charge in [-0.2, -0.15) is 0 Å². The normalized spacial score (nSPS) is 14.6. The number of anilines is 1. The van der Waals surface area contributed by atoms with Crippen molar-refractivity contribution in [3.8, 4) is 0 Å². The van der Waals surface area contributed by atoms with Crippen molar-refractivity contribution in [1.29, 1.82) is 0 Å². The minimum atomic E-state index is -0.0707. The van der Waals surface area contributed by atoms with Gasteiger partial charge in [0.15, 0.2) is 0 Å². The van der Waals surface area contributed by atoms with E-state index >= 15 is 0 Å². The van der Waals surface area contributed by atoms with Crippen molar-refractivity contribution in [2.24, 2.45) is 0 Å². The number of rotatable bonds is 4. The maximum Gasteiger partial charge on any atom is 0.255 e. The van der Waals surface area contributed by atoms with Crippen LogP contribution in [-0.4, -0.2) is 24.0 Å². The second-order valence-electron chi connectivity index (χ2n) is 5.73. The Morgan fingerprint density at radius 3 is 2.78 bits per heavy atom. The lowest BCUT2D eigenvalue weighted by molar-refractivity contribution is 0.0951. The SMILES string of the molecule is O=C(NCc1cccc(Br)c1)c1cccnc1N1CCCCC1. The van der Waals surface area contributed by atoms with Crippen molar-refractivity contribution in [1.82, 2.24) is 10.3 Å². The number of amides is 1. The predicted octanol–water partition coefficient (Wildman–Crippen LogP) is 3.76. The predicted molar refractivity (Wildman–Crippen MR) is 95.6 cm³/mol. The number of piperidine rings is 1. The fourth-order valence-corrected chi connectivity index (χ4v) is 3.30. The first-order valence-electron chi connectivity index (χ1n) is 7.96. The smallest absolute Gasteiger partial charge is 0.255 e. The van der Waals surface area contributed by atoms with Gasteiger partial charge < -0.3 is 10.2 Å². The van der Waals surface area contributed by atoms with E-state index in [1.54, 1.807) is 6.20 Å². The Morgan fingerprint density at radius 1 is 1.17 bits per heavy atom. The molecule has 1 saturated heterocycles. The third-order valence-corrected chi connectivity index (χ3v) is 4.52. The first-order chi connectivity index (χ1) is 11.2. The number of benzene rings is 1. The molecule has 0 saturated carbocycles. The van der Waals surface area contributed by atoms with Crippen LogP contribution in [0, 0.1) is 0 Å². The van der Waals surface area contributed by atoms with Gasteiger partial charge in [-0.15, -0.1) is 0 Å². The molecule has 1 fully saturated rings. The van der Waals surface area contributed by atoms with Crippen molar-refractivity contribution in [2.45, 2.75) is 25.8 Å². The number of hydrogen-bond donors (Lipinski definition) is 1. The zero-order valence-electron chi connectivity index (χ0n) is 13.0. The average molecular weight is 374 g/mol. The topological polar surface area (TPSA) is 45.2 Å². The zero-order valence-corrected chi connectivity index (χ0v) is 14.6. The van der Waals surface area contributed by atoms with Crippen LogP contribution in [0.2, 0.25) is 0 Å². The maximum atomic E-state index is 12.6. The number of halogens is 1. The second-order valence-corrected chi connectivity index (χ2v) is 6.65. The van der Waals surface area contributed by atoms with E-state index in [9.17, 15) is 4.79 Å². The molecule has 2 aromatic rings. The van der Waals surface area contributed by atoms with Gasteiger partial charge >= 0.3 is 0 Å². The summed E-state index contributed by atoms with van der Waals surface area (Å²) in [6.07, 6.45) is 5.34. The molecule has 0 atom stereocenters. The van der Waals surface area contributed by atoms with Gasteiger partial charge in [-0.05, 0) is 49.1 Å². The Balaban J connectivity index is 1.72. The molecule has 5 heteroatoms. The molecule has 0 spiro atoms. The third-order valence-electron chi connectivity index (χ3n) is 4.03. The quantitative estimate of drug-likeness (QED) is 0.886. The standard InChI is InChI=1S/C18H20BrN3O/c19-15-7-4-6-14(12-15)13-21-18(23)16-8-5-9-20-17(16)22-10-2-1-3-11-22/h4-9,12H,1-3,10-11,13H2,(H,21,23). The molecule has 4 nitrogen and oxygen atoms in total. The molecule has 23 heavy (non-hydrogen) atoms. The average Bonchev–Trinajstić information content (AvgIpc) is 2.60. The number of hydrogen-bond acceptors (Lipinski definition) is 3. The summed E-state index contributed by atoms with van der Waals surface area (Å²) in [6, 6.07) is 11.6. The highest BCUT2D eigenvalue weighted by Crippen LogP contribution is 2.21. The summed E-state index contributed by atoms with van der Waals surface area (Å²) in [6.45, 7) is 2.46. The van der Waals surface area contributed by atoms with Crippen LogP contribution in [0.4, 0.5) is 5.82 Å². The molecular formula is C18H20BrN3O. The van der Waals surface area contributed by atoms with Gasteiger partial charge in [-0.1, -0.05) is 28.1 Å². The molecule has 0 bridgehead atoms. The van der Waals surface area contributed by atoms with E-state index in [2.05, 4.69) is 31.1 Å². The first-order valence-corrected chi connectivity index (χ1v) is 8.76. The van der Waals surface area contributed by atoms with E-state index in [0.717, 1.165) is 41.8 Å². The van der Waals surface area contributed by atoms with Crippen molar-refractivity contribution in [3.63, 3.8) is 0 Å². The molecule has 2 heterocycles. The first kappa shape index (κ1) is 16.0. The molecule has 1 aliphatic rings. The number of pyridine rings is 1. The summed E-state index contributed by atoms with van der Waals surface area (Å²) in [5.74, 6) is 0.734. The second kappa shape index (κ2) is 7.59. The molecular weight excluding hydrogens is 354 g/mol. The molecule has 120 valence electrons. The Bertz CT molecular complexity index is 683. The van der Waals surface area contributed by atoms with Crippen LogP contribution >= 0.6 is 15.9 Å². The lowest BCUT2D eigenvalue weighted by Gasteiger charge is -2.29.